The summed E-state index contributed by atoms with van der Waals surface area (Å²) >= 11 is 3.55. The summed E-state index contributed by atoms with van der Waals surface area (Å²) in [5, 5.41) is 10.0. The van der Waals surface area contributed by atoms with E-state index in [0.717, 1.165) is 21.2 Å². The van der Waals surface area contributed by atoms with Crippen LogP contribution in [0.3, 0.4) is 0 Å². The molecule has 0 spiro atoms. The first-order valence-corrected chi connectivity index (χ1v) is 6.55. The van der Waals surface area contributed by atoms with Gasteiger partial charge in [0.25, 0.3) is 0 Å². The fourth-order valence-electron chi connectivity index (χ4n) is 2.41. The molecular formula is C13H18BrNO. The van der Waals surface area contributed by atoms with Gasteiger partial charge in [0.05, 0.1) is 0 Å². The molecule has 0 radical (unpaired) electrons. The molecule has 2 rings (SSSR count). The molecule has 1 atom stereocenters. The van der Waals surface area contributed by atoms with Crippen molar-refractivity contribution in [3.63, 3.8) is 0 Å². The molecule has 1 aromatic carbocycles. The molecule has 1 aliphatic carbocycles. The van der Waals surface area contributed by atoms with E-state index in [-0.39, 0.29) is 6.04 Å². The van der Waals surface area contributed by atoms with Crippen LogP contribution in [0.1, 0.15) is 42.0 Å². The summed E-state index contributed by atoms with van der Waals surface area (Å²) in [6.07, 6.45) is 3.64. The Balaban J connectivity index is 2.42. The van der Waals surface area contributed by atoms with Crippen molar-refractivity contribution in [2.45, 2.75) is 39.2 Å². The normalized spacial score (nSPS) is 18.2. The highest BCUT2D eigenvalue weighted by molar-refractivity contribution is 9.10. The average molecular weight is 284 g/mol. The summed E-state index contributed by atoms with van der Waals surface area (Å²) in [7, 11) is 0. The van der Waals surface area contributed by atoms with Crippen molar-refractivity contribution in [1.29, 1.82) is 0 Å². The summed E-state index contributed by atoms with van der Waals surface area (Å²) in [4.78, 5) is 0. The molecule has 1 aliphatic rings. The number of phenolic OH excluding ortho intramolecular Hbond substituents is 1. The quantitative estimate of drug-likeness (QED) is 0.872. The third-order valence-electron chi connectivity index (χ3n) is 3.70. The zero-order valence-corrected chi connectivity index (χ0v) is 11.3. The lowest BCUT2D eigenvalue weighted by Crippen LogP contribution is -2.27. The van der Waals surface area contributed by atoms with Crippen LogP contribution >= 0.6 is 15.9 Å². The zero-order valence-electron chi connectivity index (χ0n) is 9.76. The number of benzene rings is 1. The molecular weight excluding hydrogens is 266 g/mol. The Morgan fingerprint density at radius 2 is 2.06 bits per heavy atom. The number of hydrogen-bond acceptors (Lipinski definition) is 2. The largest absolute Gasteiger partial charge is 0.508 e. The predicted molar refractivity (Wildman–Crippen MR) is 69.6 cm³/mol. The van der Waals surface area contributed by atoms with Gasteiger partial charge in [-0.2, -0.15) is 0 Å². The number of halogens is 1. The number of nitrogens with two attached hydrogens (primary N) is 1. The van der Waals surface area contributed by atoms with Crippen molar-refractivity contribution in [3.05, 3.63) is 27.2 Å². The molecule has 0 unspecified atom stereocenters. The predicted octanol–water partition coefficient (Wildman–Crippen LogP) is 3.57. The van der Waals surface area contributed by atoms with Gasteiger partial charge in [-0.05, 0) is 49.8 Å². The Hall–Kier alpha value is -0.540. The van der Waals surface area contributed by atoms with Gasteiger partial charge in [0, 0.05) is 16.1 Å². The van der Waals surface area contributed by atoms with Crippen LogP contribution in [0.25, 0.3) is 0 Å². The second kappa shape index (κ2) is 4.38. The van der Waals surface area contributed by atoms with Gasteiger partial charge in [-0.1, -0.05) is 22.4 Å². The number of rotatable bonds is 2. The number of hydrogen-bond donors (Lipinski definition) is 2. The maximum Gasteiger partial charge on any atom is 0.120 e. The topological polar surface area (TPSA) is 46.2 Å². The van der Waals surface area contributed by atoms with Crippen LogP contribution in [0, 0.1) is 19.8 Å². The van der Waals surface area contributed by atoms with Gasteiger partial charge in [0.1, 0.15) is 5.75 Å². The minimum absolute atomic E-state index is 0.0225. The Bertz CT molecular complexity index is 413. The SMILES string of the molecule is Cc1cc(O)c([C@H](N)C2CCC2)c(C)c1Br. The van der Waals surface area contributed by atoms with Crippen molar-refractivity contribution >= 4 is 15.9 Å². The molecule has 2 nitrogen and oxygen atoms in total. The first-order valence-electron chi connectivity index (χ1n) is 5.76. The highest BCUT2D eigenvalue weighted by atomic mass is 79.9. The number of aryl methyl sites for hydroxylation is 1. The summed E-state index contributed by atoms with van der Waals surface area (Å²) in [6.45, 7) is 4.00. The Kier molecular flexibility index (Phi) is 3.27. The molecule has 0 amide bonds. The van der Waals surface area contributed by atoms with E-state index in [1.807, 2.05) is 13.8 Å². The fraction of sp³-hybridized carbons (Fsp3) is 0.538. The molecule has 0 aliphatic heterocycles. The van der Waals surface area contributed by atoms with Crippen LogP contribution in [0.5, 0.6) is 5.75 Å². The Morgan fingerprint density at radius 1 is 1.44 bits per heavy atom. The smallest absolute Gasteiger partial charge is 0.120 e. The lowest BCUT2D eigenvalue weighted by molar-refractivity contribution is 0.260. The van der Waals surface area contributed by atoms with Crippen molar-refractivity contribution in [2.24, 2.45) is 11.7 Å². The second-order valence-electron chi connectivity index (χ2n) is 4.78. The lowest BCUT2D eigenvalue weighted by Gasteiger charge is -2.33. The molecule has 88 valence electrons. The van der Waals surface area contributed by atoms with Crippen LogP contribution in [0.15, 0.2) is 10.5 Å². The van der Waals surface area contributed by atoms with Crippen molar-refractivity contribution in [3.8, 4) is 5.75 Å². The maximum absolute atomic E-state index is 10.0. The van der Waals surface area contributed by atoms with Crippen LogP contribution in [0.2, 0.25) is 0 Å². The highest BCUT2D eigenvalue weighted by Crippen LogP contribution is 2.42. The molecule has 1 fully saturated rings. The first-order chi connectivity index (χ1) is 7.52. The monoisotopic (exact) mass is 283 g/mol. The van der Waals surface area contributed by atoms with Crippen LogP contribution in [0.4, 0.5) is 0 Å². The van der Waals surface area contributed by atoms with E-state index in [2.05, 4.69) is 15.9 Å². The summed E-state index contributed by atoms with van der Waals surface area (Å²) in [5.41, 5.74) is 9.29. The minimum Gasteiger partial charge on any atom is -0.508 e. The zero-order chi connectivity index (χ0) is 11.9. The lowest BCUT2D eigenvalue weighted by atomic mass is 9.76. The molecule has 1 aromatic rings. The maximum atomic E-state index is 10.0. The molecule has 0 saturated heterocycles. The van der Waals surface area contributed by atoms with E-state index in [1.54, 1.807) is 6.07 Å². The number of aromatic hydroxyl groups is 1. The van der Waals surface area contributed by atoms with Crippen LogP contribution < -0.4 is 5.73 Å². The van der Waals surface area contributed by atoms with E-state index in [0.29, 0.717) is 11.7 Å². The molecule has 0 aromatic heterocycles. The Morgan fingerprint density at radius 3 is 2.56 bits per heavy atom. The average Bonchev–Trinajstić information content (AvgIpc) is 2.11. The highest BCUT2D eigenvalue weighted by Gasteiger charge is 2.29. The van der Waals surface area contributed by atoms with Gasteiger partial charge in [0.2, 0.25) is 0 Å². The Labute approximate surface area is 105 Å². The van der Waals surface area contributed by atoms with E-state index in [4.69, 9.17) is 5.73 Å². The van der Waals surface area contributed by atoms with Gasteiger partial charge >= 0.3 is 0 Å². The van der Waals surface area contributed by atoms with E-state index < -0.39 is 0 Å². The molecule has 0 bridgehead atoms. The third kappa shape index (κ3) is 1.87. The van der Waals surface area contributed by atoms with E-state index in [1.165, 1.54) is 19.3 Å². The summed E-state index contributed by atoms with van der Waals surface area (Å²) in [5.74, 6) is 0.886. The van der Waals surface area contributed by atoms with Crippen molar-refractivity contribution < 1.29 is 5.11 Å². The fourth-order valence-corrected chi connectivity index (χ4v) is 2.74. The van der Waals surface area contributed by atoms with Crippen molar-refractivity contribution in [2.75, 3.05) is 0 Å². The van der Waals surface area contributed by atoms with Crippen LogP contribution in [-0.4, -0.2) is 5.11 Å². The van der Waals surface area contributed by atoms with Gasteiger partial charge in [-0.25, -0.2) is 0 Å². The third-order valence-corrected chi connectivity index (χ3v) is 4.92. The summed E-state index contributed by atoms with van der Waals surface area (Å²) in [6, 6.07) is 1.77. The molecule has 16 heavy (non-hydrogen) atoms. The van der Waals surface area contributed by atoms with Gasteiger partial charge in [-0.15, -0.1) is 0 Å². The van der Waals surface area contributed by atoms with Crippen molar-refractivity contribution in [1.82, 2.24) is 0 Å². The number of phenols is 1. The standard InChI is InChI=1S/C13H18BrNO/c1-7-6-10(16)11(8(2)12(7)14)13(15)9-4-3-5-9/h6,9,13,16H,3-5,15H2,1-2H3/t13-/m1/s1. The van der Waals surface area contributed by atoms with E-state index >= 15 is 0 Å². The minimum atomic E-state index is -0.0225. The molecule has 0 heterocycles. The first kappa shape index (κ1) is 11.9. The molecule has 3 N–H and O–H groups in total. The van der Waals surface area contributed by atoms with Crippen LogP contribution in [-0.2, 0) is 0 Å². The molecule has 3 heteroatoms. The van der Waals surface area contributed by atoms with Gasteiger partial charge < -0.3 is 10.8 Å². The second-order valence-corrected chi connectivity index (χ2v) is 5.58. The van der Waals surface area contributed by atoms with E-state index in [9.17, 15) is 5.11 Å². The molecule has 1 saturated carbocycles. The van der Waals surface area contributed by atoms with Gasteiger partial charge in [-0.3, -0.25) is 0 Å². The summed E-state index contributed by atoms with van der Waals surface area (Å²) < 4.78 is 1.06. The van der Waals surface area contributed by atoms with Gasteiger partial charge in [0.15, 0.2) is 0 Å².